The van der Waals surface area contributed by atoms with Crippen molar-refractivity contribution in [2.24, 2.45) is 0 Å². The average molecular weight is 352 g/mol. The maximum absolute atomic E-state index is 12.8. The summed E-state index contributed by atoms with van der Waals surface area (Å²) >= 11 is 0. The molecule has 136 valence electrons. The van der Waals surface area contributed by atoms with Gasteiger partial charge >= 0.3 is 0 Å². The van der Waals surface area contributed by atoms with Crippen molar-refractivity contribution in [3.8, 4) is 5.75 Å². The van der Waals surface area contributed by atoms with Crippen molar-refractivity contribution in [1.82, 2.24) is 4.90 Å². The van der Waals surface area contributed by atoms with Crippen molar-refractivity contribution in [1.29, 1.82) is 0 Å². The summed E-state index contributed by atoms with van der Waals surface area (Å²) in [5, 5.41) is 10.0. The van der Waals surface area contributed by atoms with Crippen LogP contribution in [-0.2, 0) is 6.42 Å². The molecule has 26 heavy (non-hydrogen) atoms. The average Bonchev–Trinajstić information content (AvgIpc) is 2.68. The Morgan fingerprint density at radius 2 is 1.65 bits per heavy atom. The van der Waals surface area contributed by atoms with Crippen molar-refractivity contribution in [2.75, 3.05) is 31.1 Å². The second-order valence-corrected chi connectivity index (χ2v) is 6.59. The van der Waals surface area contributed by atoms with Gasteiger partial charge in [-0.05, 0) is 55.3 Å². The molecule has 1 heterocycles. The van der Waals surface area contributed by atoms with Gasteiger partial charge in [-0.2, -0.15) is 0 Å². The van der Waals surface area contributed by atoms with Gasteiger partial charge in [0.15, 0.2) is 5.78 Å². The maximum Gasteiger partial charge on any atom is 0.257 e. The second kappa shape index (κ2) is 7.60. The van der Waals surface area contributed by atoms with Gasteiger partial charge in [0.1, 0.15) is 5.75 Å². The van der Waals surface area contributed by atoms with Gasteiger partial charge in [-0.15, -0.1) is 0 Å². The highest BCUT2D eigenvalue weighted by molar-refractivity contribution is 5.97. The molecule has 0 radical (unpaired) electrons. The van der Waals surface area contributed by atoms with Crippen molar-refractivity contribution >= 4 is 17.4 Å². The second-order valence-electron chi connectivity index (χ2n) is 6.59. The number of phenolic OH excluding ortho intramolecular Hbond substituents is 1. The van der Waals surface area contributed by atoms with Crippen molar-refractivity contribution in [2.45, 2.75) is 20.3 Å². The number of phenols is 1. The minimum Gasteiger partial charge on any atom is -0.507 e. The minimum absolute atomic E-state index is 0.0365. The summed E-state index contributed by atoms with van der Waals surface area (Å²) in [6.07, 6.45) is 0.824. The molecule has 1 N–H and O–H groups in total. The maximum atomic E-state index is 12.8. The Morgan fingerprint density at radius 1 is 1.00 bits per heavy atom. The molecule has 1 saturated heterocycles. The summed E-state index contributed by atoms with van der Waals surface area (Å²) in [5.41, 5.74) is 3.17. The van der Waals surface area contributed by atoms with E-state index in [4.69, 9.17) is 0 Å². The Morgan fingerprint density at radius 3 is 2.23 bits per heavy atom. The first-order valence-electron chi connectivity index (χ1n) is 8.96. The number of benzene rings is 2. The molecule has 1 amide bonds. The van der Waals surface area contributed by atoms with Gasteiger partial charge in [0, 0.05) is 37.4 Å². The summed E-state index contributed by atoms with van der Waals surface area (Å²) in [5.74, 6) is -0.0279. The molecule has 0 saturated carbocycles. The zero-order valence-corrected chi connectivity index (χ0v) is 15.2. The Kier molecular flexibility index (Phi) is 5.26. The molecule has 1 fully saturated rings. The van der Waals surface area contributed by atoms with E-state index >= 15 is 0 Å². The summed E-state index contributed by atoms with van der Waals surface area (Å²) in [6, 6.07) is 12.8. The van der Waals surface area contributed by atoms with Gasteiger partial charge in [-0.3, -0.25) is 9.59 Å². The van der Waals surface area contributed by atoms with Gasteiger partial charge in [0.05, 0.1) is 5.56 Å². The van der Waals surface area contributed by atoms with E-state index in [0.717, 1.165) is 30.8 Å². The lowest BCUT2D eigenvalue weighted by Crippen LogP contribution is -2.48. The lowest BCUT2D eigenvalue weighted by molar-refractivity contribution is 0.0743. The van der Waals surface area contributed by atoms with Gasteiger partial charge < -0.3 is 14.9 Å². The molecule has 0 bridgehead atoms. The zero-order chi connectivity index (χ0) is 18.7. The molecular weight excluding hydrogens is 328 g/mol. The minimum atomic E-state index is -0.121. The number of amides is 1. The van der Waals surface area contributed by atoms with E-state index in [1.54, 1.807) is 24.0 Å². The largest absolute Gasteiger partial charge is 0.507 e. The van der Waals surface area contributed by atoms with Crippen LogP contribution in [0.4, 0.5) is 5.69 Å². The highest BCUT2D eigenvalue weighted by Gasteiger charge is 2.24. The zero-order valence-electron chi connectivity index (χ0n) is 15.2. The fraction of sp³-hybridized carbons (Fsp3) is 0.333. The smallest absolute Gasteiger partial charge is 0.257 e. The highest BCUT2D eigenvalue weighted by atomic mass is 16.3. The van der Waals surface area contributed by atoms with Crippen LogP contribution in [0, 0.1) is 0 Å². The van der Waals surface area contributed by atoms with E-state index in [1.807, 2.05) is 37.3 Å². The van der Waals surface area contributed by atoms with E-state index in [-0.39, 0.29) is 17.4 Å². The predicted molar refractivity (Wildman–Crippen MR) is 102 cm³/mol. The number of ketones is 1. The monoisotopic (exact) mass is 352 g/mol. The Balaban J connectivity index is 1.66. The summed E-state index contributed by atoms with van der Waals surface area (Å²) in [7, 11) is 0. The van der Waals surface area contributed by atoms with E-state index in [9.17, 15) is 14.7 Å². The number of rotatable bonds is 4. The molecule has 5 nitrogen and oxygen atoms in total. The Bertz CT molecular complexity index is 807. The van der Waals surface area contributed by atoms with Gasteiger partial charge in [0.2, 0.25) is 0 Å². The number of Topliss-reactive ketones (excluding diaryl/α,β-unsaturated/α-hetero) is 1. The topological polar surface area (TPSA) is 60.9 Å². The summed E-state index contributed by atoms with van der Waals surface area (Å²) in [6.45, 7) is 6.23. The van der Waals surface area contributed by atoms with Crippen LogP contribution in [0.15, 0.2) is 42.5 Å². The molecule has 0 aromatic heterocycles. The molecule has 5 heteroatoms. The first-order valence-corrected chi connectivity index (χ1v) is 8.96. The van der Waals surface area contributed by atoms with E-state index < -0.39 is 0 Å². The standard InChI is InChI=1S/C21H24N2O3/c1-3-16-4-9-20(25)19(14-16)21(26)23-12-10-22(11-13-23)18-7-5-17(6-8-18)15(2)24/h4-9,14,25H,3,10-13H2,1-2H3. The van der Waals surface area contributed by atoms with Gasteiger partial charge in [-0.1, -0.05) is 13.0 Å². The molecule has 0 unspecified atom stereocenters. The Labute approximate surface area is 153 Å². The van der Waals surface area contributed by atoms with Crippen molar-refractivity contribution < 1.29 is 14.7 Å². The van der Waals surface area contributed by atoms with Crippen LogP contribution in [0.25, 0.3) is 0 Å². The lowest BCUT2D eigenvalue weighted by Gasteiger charge is -2.36. The van der Waals surface area contributed by atoms with E-state index in [2.05, 4.69) is 4.90 Å². The molecule has 3 rings (SSSR count). The third-order valence-corrected chi connectivity index (χ3v) is 4.91. The fourth-order valence-electron chi connectivity index (χ4n) is 3.22. The van der Waals surface area contributed by atoms with E-state index in [0.29, 0.717) is 24.2 Å². The molecule has 2 aromatic carbocycles. The van der Waals surface area contributed by atoms with Crippen LogP contribution >= 0.6 is 0 Å². The normalized spacial score (nSPS) is 14.4. The fourth-order valence-corrected chi connectivity index (χ4v) is 3.22. The molecule has 0 spiro atoms. The first kappa shape index (κ1) is 18.0. The predicted octanol–water partition coefficient (Wildman–Crippen LogP) is 3.12. The SMILES string of the molecule is CCc1ccc(O)c(C(=O)N2CCN(c3ccc(C(C)=O)cc3)CC2)c1. The van der Waals surface area contributed by atoms with Crippen molar-refractivity contribution in [3.63, 3.8) is 0 Å². The van der Waals surface area contributed by atoms with Gasteiger partial charge in [0.25, 0.3) is 5.91 Å². The lowest BCUT2D eigenvalue weighted by atomic mass is 10.1. The van der Waals surface area contributed by atoms with Crippen LogP contribution in [0.5, 0.6) is 5.75 Å². The summed E-state index contributed by atoms with van der Waals surface area (Å²) in [4.78, 5) is 28.1. The molecule has 0 aliphatic carbocycles. The number of aryl methyl sites for hydroxylation is 1. The van der Waals surface area contributed by atoms with Crippen LogP contribution in [0.2, 0.25) is 0 Å². The molecule has 1 aliphatic heterocycles. The number of carbonyl (C=O) groups is 2. The molecular formula is C21H24N2O3. The number of aromatic hydroxyl groups is 1. The molecule has 0 atom stereocenters. The number of nitrogens with zero attached hydrogens (tertiary/aromatic N) is 2. The van der Waals surface area contributed by atoms with Gasteiger partial charge in [-0.25, -0.2) is 0 Å². The highest BCUT2D eigenvalue weighted by Crippen LogP contribution is 2.23. The van der Waals surface area contributed by atoms with E-state index in [1.165, 1.54) is 0 Å². The quantitative estimate of drug-likeness (QED) is 0.859. The number of anilines is 1. The number of carbonyl (C=O) groups excluding carboxylic acids is 2. The molecule has 1 aliphatic rings. The third-order valence-electron chi connectivity index (χ3n) is 4.91. The third kappa shape index (κ3) is 3.72. The van der Waals surface area contributed by atoms with Crippen LogP contribution in [-0.4, -0.2) is 47.9 Å². The van der Waals surface area contributed by atoms with Crippen molar-refractivity contribution in [3.05, 3.63) is 59.2 Å². The van der Waals surface area contributed by atoms with Crippen LogP contribution < -0.4 is 4.90 Å². The van der Waals surface area contributed by atoms with Crippen LogP contribution in [0.1, 0.15) is 40.1 Å². The van der Waals surface area contributed by atoms with Crippen LogP contribution in [0.3, 0.4) is 0 Å². The number of hydrogen-bond acceptors (Lipinski definition) is 4. The Hall–Kier alpha value is -2.82. The first-order chi connectivity index (χ1) is 12.5. The number of hydrogen-bond donors (Lipinski definition) is 1. The summed E-state index contributed by atoms with van der Waals surface area (Å²) < 4.78 is 0. The molecule has 2 aromatic rings. The number of piperazine rings is 1.